The molecule has 0 aliphatic carbocycles. The highest BCUT2D eigenvalue weighted by Gasteiger charge is 2.27. The molecule has 0 aromatic carbocycles. The fourth-order valence-corrected chi connectivity index (χ4v) is 2.71. The summed E-state index contributed by atoms with van der Waals surface area (Å²) in [4.78, 5) is 2.46. The highest BCUT2D eigenvalue weighted by Crippen LogP contribution is 2.27. The minimum atomic E-state index is -0.194. The summed E-state index contributed by atoms with van der Waals surface area (Å²) in [6.07, 6.45) is 3.73. The van der Waals surface area contributed by atoms with E-state index in [2.05, 4.69) is 24.8 Å². The van der Waals surface area contributed by atoms with E-state index in [1.165, 1.54) is 6.42 Å². The largest absolute Gasteiger partial charge is 0.393 e. The maximum absolute atomic E-state index is 9.66. The van der Waals surface area contributed by atoms with Gasteiger partial charge in [-0.25, -0.2) is 0 Å². The Morgan fingerprint density at radius 1 is 1.53 bits per heavy atom. The van der Waals surface area contributed by atoms with Crippen molar-refractivity contribution < 1.29 is 5.11 Å². The molecule has 0 amide bonds. The Hall–Kier alpha value is -0.590. The summed E-state index contributed by atoms with van der Waals surface area (Å²) >= 11 is 0. The number of nitriles is 1. The van der Waals surface area contributed by atoms with Gasteiger partial charge < -0.3 is 10.0 Å². The lowest BCUT2D eigenvalue weighted by Gasteiger charge is -2.38. The van der Waals surface area contributed by atoms with E-state index < -0.39 is 0 Å². The number of nitrogens with zero attached hydrogens (tertiary/aromatic N) is 2. The molecule has 1 aliphatic rings. The first-order valence-electron chi connectivity index (χ1n) is 6.72. The molecule has 0 unspecified atom stereocenters. The summed E-state index contributed by atoms with van der Waals surface area (Å²) in [5, 5.41) is 18.3. The summed E-state index contributed by atoms with van der Waals surface area (Å²) in [5.74, 6) is 0.426. The molecular weight excluding hydrogens is 212 g/mol. The van der Waals surface area contributed by atoms with Crippen LogP contribution in [0.1, 0.15) is 46.5 Å². The SMILES string of the molecule is C[C@H](O)[C@H]1CCCN(CC(C)(C)CCC#N)C1. The monoisotopic (exact) mass is 238 g/mol. The Balaban J connectivity index is 2.42. The Morgan fingerprint density at radius 3 is 2.82 bits per heavy atom. The van der Waals surface area contributed by atoms with Gasteiger partial charge in [-0.2, -0.15) is 5.26 Å². The van der Waals surface area contributed by atoms with Crippen LogP contribution in [0.2, 0.25) is 0 Å². The number of rotatable bonds is 5. The molecule has 0 saturated carbocycles. The molecule has 0 bridgehead atoms. The van der Waals surface area contributed by atoms with Crippen LogP contribution in [0.25, 0.3) is 0 Å². The van der Waals surface area contributed by atoms with Gasteiger partial charge in [0.1, 0.15) is 0 Å². The van der Waals surface area contributed by atoms with Gasteiger partial charge in [-0.15, -0.1) is 0 Å². The molecule has 0 radical (unpaired) electrons. The highest BCUT2D eigenvalue weighted by molar-refractivity contribution is 4.83. The minimum Gasteiger partial charge on any atom is -0.393 e. The molecule has 17 heavy (non-hydrogen) atoms. The smallest absolute Gasteiger partial charge is 0.0621 e. The highest BCUT2D eigenvalue weighted by atomic mass is 16.3. The van der Waals surface area contributed by atoms with Gasteiger partial charge in [0.15, 0.2) is 0 Å². The zero-order valence-corrected chi connectivity index (χ0v) is 11.4. The molecule has 98 valence electrons. The van der Waals surface area contributed by atoms with Gasteiger partial charge in [0, 0.05) is 19.5 Å². The summed E-state index contributed by atoms with van der Waals surface area (Å²) in [5.41, 5.74) is 0.205. The molecular formula is C14H26N2O. The molecule has 3 nitrogen and oxygen atoms in total. The Morgan fingerprint density at radius 2 is 2.24 bits per heavy atom. The number of hydrogen-bond donors (Lipinski definition) is 1. The second kappa shape index (κ2) is 6.37. The fraction of sp³-hybridized carbons (Fsp3) is 0.929. The van der Waals surface area contributed by atoms with E-state index in [1.54, 1.807) is 0 Å². The van der Waals surface area contributed by atoms with Crippen LogP contribution in [0, 0.1) is 22.7 Å². The van der Waals surface area contributed by atoms with Crippen molar-refractivity contribution in [1.82, 2.24) is 4.90 Å². The number of hydrogen-bond acceptors (Lipinski definition) is 3. The maximum atomic E-state index is 9.66. The van der Waals surface area contributed by atoms with E-state index in [0.717, 1.165) is 32.5 Å². The second-order valence-corrected chi connectivity index (χ2v) is 6.20. The van der Waals surface area contributed by atoms with Crippen LogP contribution >= 0.6 is 0 Å². The summed E-state index contributed by atoms with van der Waals surface area (Å²) < 4.78 is 0. The van der Waals surface area contributed by atoms with E-state index in [-0.39, 0.29) is 11.5 Å². The molecule has 1 N–H and O–H groups in total. The minimum absolute atomic E-state index is 0.194. The average molecular weight is 238 g/mol. The zero-order chi connectivity index (χ0) is 12.9. The van der Waals surface area contributed by atoms with Crippen LogP contribution < -0.4 is 0 Å². The Labute approximate surface area is 105 Å². The van der Waals surface area contributed by atoms with E-state index in [9.17, 15) is 5.11 Å². The number of piperidine rings is 1. The predicted octanol–water partition coefficient (Wildman–Crippen LogP) is 2.41. The van der Waals surface area contributed by atoms with Crippen LogP contribution in [0.15, 0.2) is 0 Å². The first-order chi connectivity index (χ1) is 7.94. The molecule has 0 aromatic heterocycles. The van der Waals surface area contributed by atoms with Crippen molar-refractivity contribution >= 4 is 0 Å². The lowest BCUT2D eigenvalue weighted by atomic mass is 9.85. The molecule has 1 rings (SSSR count). The predicted molar refractivity (Wildman–Crippen MR) is 69.5 cm³/mol. The summed E-state index contributed by atoms with van der Waals surface area (Å²) in [7, 11) is 0. The number of aliphatic hydroxyl groups is 1. The number of likely N-dealkylation sites (tertiary alicyclic amines) is 1. The van der Waals surface area contributed by atoms with Gasteiger partial charge in [-0.3, -0.25) is 0 Å². The van der Waals surface area contributed by atoms with Crippen LogP contribution in [-0.4, -0.2) is 35.7 Å². The first kappa shape index (κ1) is 14.5. The van der Waals surface area contributed by atoms with Gasteiger partial charge in [0.05, 0.1) is 12.2 Å². The quantitative estimate of drug-likeness (QED) is 0.800. The van der Waals surface area contributed by atoms with Crippen molar-refractivity contribution in [2.45, 2.75) is 52.6 Å². The summed E-state index contributed by atoms with van der Waals surface area (Å²) in [6, 6.07) is 2.23. The molecule has 1 aliphatic heterocycles. The standard InChI is InChI=1S/C14H26N2O/c1-12(17)13-6-4-9-16(10-13)11-14(2,3)7-5-8-15/h12-13,17H,4-7,9-11H2,1-3H3/t12-,13-/m0/s1. The van der Waals surface area contributed by atoms with E-state index >= 15 is 0 Å². The molecule has 1 heterocycles. The third-order valence-electron chi connectivity index (χ3n) is 3.79. The van der Waals surface area contributed by atoms with Crippen molar-refractivity contribution in [3.05, 3.63) is 0 Å². The zero-order valence-electron chi connectivity index (χ0n) is 11.4. The van der Waals surface area contributed by atoms with E-state index in [1.807, 2.05) is 6.92 Å². The van der Waals surface area contributed by atoms with Crippen molar-refractivity contribution in [3.8, 4) is 6.07 Å². The molecule has 1 saturated heterocycles. The van der Waals surface area contributed by atoms with Crippen LogP contribution in [0.3, 0.4) is 0 Å². The van der Waals surface area contributed by atoms with E-state index in [0.29, 0.717) is 12.3 Å². The Kier molecular flexibility index (Phi) is 5.42. The third kappa shape index (κ3) is 5.06. The van der Waals surface area contributed by atoms with Gasteiger partial charge in [0.2, 0.25) is 0 Å². The maximum Gasteiger partial charge on any atom is 0.0621 e. The van der Waals surface area contributed by atoms with Gasteiger partial charge in [-0.05, 0) is 44.1 Å². The van der Waals surface area contributed by atoms with Crippen LogP contribution in [0.5, 0.6) is 0 Å². The second-order valence-electron chi connectivity index (χ2n) is 6.20. The van der Waals surface area contributed by atoms with Gasteiger partial charge in [-0.1, -0.05) is 13.8 Å². The Bertz CT molecular complexity index is 268. The van der Waals surface area contributed by atoms with E-state index in [4.69, 9.17) is 5.26 Å². The van der Waals surface area contributed by atoms with Crippen molar-refractivity contribution in [3.63, 3.8) is 0 Å². The lowest BCUT2D eigenvalue weighted by Crippen LogP contribution is -2.43. The van der Waals surface area contributed by atoms with Crippen molar-refractivity contribution in [1.29, 1.82) is 5.26 Å². The van der Waals surface area contributed by atoms with Crippen molar-refractivity contribution in [2.75, 3.05) is 19.6 Å². The van der Waals surface area contributed by atoms with Gasteiger partial charge >= 0.3 is 0 Å². The topological polar surface area (TPSA) is 47.3 Å². The average Bonchev–Trinajstić information content (AvgIpc) is 2.26. The molecule has 3 heteroatoms. The third-order valence-corrected chi connectivity index (χ3v) is 3.79. The van der Waals surface area contributed by atoms with Crippen molar-refractivity contribution in [2.24, 2.45) is 11.3 Å². The van der Waals surface area contributed by atoms with Crippen LogP contribution in [-0.2, 0) is 0 Å². The normalized spacial score (nSPS) is 24.3. The molecule has 0 spiro atoms. The lowest BCUT2D eigenvalue weighted by molar-refractivity contribution is 0.0458. The summed E-state index contributed by atoms with van der Waals surface area (Å²) in [6.45, 7) is 9.55. The molecule has 2 atom stereocenters. The molecule has 0 aromatic rings. The van der Waals surface area contributed by atoms with Crippen LogP contribution in [0.4, 0.5) is 0 Å². The first-order valence-corrected chi connectivity index (χ1v) is 6.72. The fourth-order valence-electron chi connectivity index (χ4n) is 2.71. The molecule has 1 fully saturated rings. The number of aliphatic hydroxyl groups excluding tert-OH is 1. The van der Waals surface area contributed by atoms with Gasteiger partial charge in [0.25, 0.3) is 0 Å².